The number of rotatable bonds is 6. The van der Waals surface area contributed by atoms with Gasteiger partial charge in [0.2, 0.25) is 0 Å². The van der Waals surface area contributed by atoms with Gasteiger partial charge < -0.3 is 13.9 Å². The van der Waals surface area contributed by atoms with Crippen LogP contribution >= 0.6 is 0 Å². The monoisotopic (exact) mass is 652 g/mol. The molecule has 0 radical (unpaired) electrons. The van der Waals surface area contributed by atoms with Crippen LogP contribution < -0.4 is 4.90 Å². The first-order chi connectivity index (χ1) is 25.3. The number of para-hydroxylation sites is 3. The molecule has 10 aromatic rings. The van der Waals surface area contributed by atoms with E-state index in [0.717, 1.165) is 50.2 Å². The maximum Gasteiger partial charge on any atom is 0.135 e. The maximum absolute atomic E-state index is 6.21. The maximum atomic E-state index is 6.21. The summed E-state index contributed by atoms with van der Waals surface area (Å²) < 4.78 is 8.62. The Balaban J connectivity index is 1.19. The first-order valence-electron chi connectivity index (χ1n) is 17.4. The zero-order chi connectivity index (χ0) is 33.7. The van der Waals surface area contributed by atoms with Crippen LogP contribution in [-0.2, 0) is 0 Å². The molecule has 0 aliphatic carbocycles. The lowest BCUT2D eigenvalue weighted by atomic mass is 9.97. The van der Waals surface area contributed by atoms with Gasteiger partial charge in [-0.05, 0) is 89.0 Å². The van der Waals surface area contributed by atoms with Crippen LogP contribution in [0.1, 0.15) is 0 Å². The van der Waals surface area contributed by atoms with Crippen LogP contribution in [0.3, 0.4) is 0 Å². The van der Waals surface area contributed by atoms with Gasteiger partial charge in [-0.15, -0.1) is 0 Å². The minimum Gasteiger partial charge on any atom is -0.456 e. The van der Waals surface area contributed by atoms with Crippen molar-refractivity contribution in [2.75, 3.05) is 4.90 Å². The Morgan fingerprint density at radius 1 is 0.373 bits per heavy atom. The Morgan fingerprint density at radius 3 is 1.80 bits per heavy atom. The second-order valence-electron chi connectivity index (χ2n) is 13.0. The average Bonchev–Trinajstić information content (AvgIpc) is 3.74. The van der Waals surface area contributed by atoms with Crippen molar-refractivity contribution in [2.45, 2.75) is 0 Å². The van der Waals surface area contributed by atoms with Gasteiger partial charge in [-0.3, -0.25) is 0 Å². The normalized spacial score (nSPS) is 11.5. The number of aromatic nitrogens is 1. The molecule has 0 unspecified atom stereocenters. The first-order valence-corrected chi connectivity index (χ1v) is 17.4. The zero-order valence-electron chi connectivity index (χ0n) is 27.8. The van der Waals surface area contributed by atoms with Crippen LogP contribution in [0.5, 0.6) is 0 Å². The predicted molar refractivity (Wildman–Crippen MR) is 214 cm³/mol. The number of anilines is 3. The Kier molecular flexibility index (Phi) is 6.81. The highest BCUT2D eigenvalue weighted by atomic mass is 16.3. The largest absolute Gasteiger partial charge is 0.456 e. The number of benzene rings is 8. The van der Waals surface area contributed by atoms with Crippen LogP contribution in [0.15, 0.2) is 199 Å². The highest BCUT2D eigenvalue weighted by Gasteiger charge is 2.20. The molecule has 0 saturated heterocycles. The molecule has 0 saturated carbocycles. The van der Waals surface area contributed by atoms with Crippen LogP contribution in [-0.4, -0.2) is 4.57 Å². The molecule has 0 fully saturated rings. The van der Waals surface area contributed by atoms with Crippen molar-refractivity contribution in [3.8, 4) is 27.9 Å². The highest BCUT2D eigenvalue weighted by molar-refractivity contribution is 6.16. The van der Waals surface area contributed by atoms with Crippen LogP contribution in [0.25, 0.3) is 71.7 Å². The van der Waals surface area contributed by atoms with Crippen molar-refractivity contribution in [1.82, 2.24) is 4.57 Å². The quantitative estimate of drug-likeness (QED) is 0.178. The Hall–Kier alpha value is -6.84. The fraction of sp³-hybridized carbons (Fsp3) is 0. The summed E-state index contributed by atoms with van der Waals surface area (Å²) in [5.74, 6) is 0. The summed E-state index contributed by atoms with van der Waals surface area (Å²) in [7, 11) is 0. The molecule has 0 atom stereocenters. The van der Waals surface area contributed by atoms with Gasteiger partial charge in [0.1, 0.15) is 11.2 Å². The van der Waals surface area contributed by atoms with Crippen LogP contribution in [0.2, 0.25) is 0 Å². The molecular formula is C48H32N2O. The third kappa shape index (κ3) is 4.90. The number of hydrogen-bond donors (Lipinski definition) is 0. The Bertz CT molecular complexity index is 2830. The molecule has 3 heteroatoms. The standard InChI is InChI=1S/C48H32N2O/c1-4-13-33(14-5-1)34-23-25-35(26-24-34)40-20-12-21-44-48(40)42-29-27-39(32-45(42)50(44)37-17-8-3-9-18-37)49(36-15-6-2-7-16-36)38-28-30-47-43(31-38)41-19-10-11-22-46(41)51-47/h1-32H. The highest BCUT2D eigenvalue weighted by Crippen LogP contribution is 2.43. The predicted octanol–water partition coefficient (Wildman–Crippen LogP) is 13.5. The van der Waals surface area contributed by atoms with E-state index in [4.69, 9.17) is 4.42 Å². The second kappa shape index (κ2) is 11.9. The molecule has 0 bridgehead atoms. The topological polar surface area (TPSA) is 21.3 Å². The lowest BCUT2D eigenvalue weighted by Crippen LogP contribution is -2.10. The minimum absolute atomic E-state index is 0.886. The fourth-order valence-corrected chi connectivity index (χ4v) is 7.64. The van der Waals surface area contributed by atoms with Gasteiger partial charge in [0.05, 0.1) is 11.0 Å². The molecule has 3 nitrogen and oxygen atoms in total. The summed E-state index contributed by atoms with van der Waals surface area (Å²) >= 11 is 0. The van der Waals surface area contributed by atoms with E-state index < -0.39 is 0 Å². The van der Waals surface area contributed by atoms with Gasteiger partial charge in [0.25, 0.3) is 0 Å². The summed E-state index contributed by atoms with van der Waals surface area (Å²) in [6, 6.07) is 69.2. The van der Waals surface area contributed by atoms with Gasteiger partial charge in [-0.2, -0.15) is 0 Å². The van der Waals surface area contributed by atoms with Gasteiger partial charge in [-0.25, -0.2) is 0 Å². The van der Waals surface area contributed by atoms with Crippen molar-refractivity contribution in [2.24, 2.45) is 0 Å². The average molecular weight is 653 g/mol. The van der Waals surface area contributed by atoms with E-state index in [9.17, 15) is 0 Å². The fourth-order valence-electron chi connectivity index (χ4n) is 7.64. The molecule has 2 aromatic heterocycles. The van der Waals surface area contributed by atoms with E-state index in [2.05, 4.69) is 191 Å². The van der Waals surface area contributed by atoms with E-state index >= 15 is 0 Å². The van der Waals surface area contributed by atoms with Crippen molar-refractivity contribution in [1.29, 1.82) is 0 Å². The number of hydrogen-bond acceptors (Lipinski definition) is 2. The summed E-state index contributed by atoms with van der Waals surface area (Å²) in [4.78, 5) is 2.34. The lowest BCUT2D eigenvalue weighted by Gasteiger charge is -2.26. The van der Waals surface area contributed by atoms with Gasteiger partial charge in [-0.1, -0.05) is 127 Å². The van der Waals surface area contributed by atoms with E-state index in [1.54, 1.807) is 0 Å². The Morgan fingerprint density at radius 2 is 1.00 bits per heavy atom. The second-order valence-corrected chi connectivity index (χ2v) is 13.0. The minimum atomic E-state index is 0.886. The van der Waals surface area contributed by atoms with Crippen molar-refractivity contribution in [3.63, 3.8) is 0 Å². The zero-order valence-corrected chi connectivity index (χ0v) is 27.8. The summed E-state index contributed by atoms with van der Waals surface area (Å²) in [6.07, 6.45) is 0. The van der Waals surface area contributed by atoms with E-state index in [0.29, 0.717) is 0 Å². The van der Waals surface area contributed by atoms with Gasteiger partial charge >= 0.3 is 0 Å². The van der Waals surface area contributed by atoms with E-state index in [1.165, 1.54) is 38.5 Å². The molecule has 0 spiro atoms. The van der Waals surface area contributed by atoms with E-state index in [-0.39, 0.29) is 0 Å². The molecule has 0 aliphatic heterocycles. The van der Waals surface area contributed by atoms with Crippen molar-refractivity contribution in [3.05, 3.63) is 194 Å². The molecule has 8 aromatic carbocycles. The number of nitrogens with zero attached hydrogens (tertiary/aromatic N) is 2. The molecule has 0 amide bonds. The smallest absolute Gasteiger partial charge is 0.135 e. The lowest BCUT2D eigenvalue weighted by molar-refractivity contribution is 0.669. The van der Waals surface area contributed by atoms with E-state index in [1.807, 2.05) is 12.1 Å². The number of furan rings is 1. The first kappa shape index (κ1) is 29.1. The Labute approximate surface area is 295 Å². The third-order valence-corrected chi connectivity index (χ3v) is 9.98. The van der Waals surface area contributed by atoms with Gasteiger partial charge in [0.15, 0.2) is 0 Å². The molecule has 51 heavy (non-hydrogen) atoms. The summed E-state index contributed by atoms with van der Waals surface area (Å²) in [5, 5.41) is 4.68. The molecule has 0 aliphatic rings. The summed E-state index contributed by atoms with van der Waals surface area (Å²) in [6.45, 7) is 0. The number of fused-ring (bicyclic) bond motifs is 6. The molecular weight excluding hydrogens is 621 g/mol. The molecule has 2 heterocycles. The molecule has 0 N–H and O–H groups in total. The summed E-state index contributed by atoms with van der Waals surface area (Å²) in [5.41, 5.74) is 13.3. The molecule has 10 rings (SSSR count). The van der Waals surface area contributed by atoms with Crippen molar-refractivity contribution < 1.29 is 4.42 Å². The van der Waals surface area contributed by atoms with Gasteiger partial charge in [0, 0.05) is 44.3 Å². The molecule has 240 valence electrons. The third-order valence-electron chi connectivity index (χ3n) is 9.98. The van der Waals surface area contributed by atoms with Crippen molar-refractivity contribution >= 4 is 60.8 Å². The van der Waals surface area contributed by atoms with Crippen LogP contribution in [0, 0.1) is 0 Å². The van der Waals surface area contributed by atoms with Crippen LogP contribution in [0.4, 0.5) is 17.1 Å². The SMILES string of the molecule is c1ccc(-c2ccc(-c3cccc4c3c3ccc(N(c5ccccc5)c5ccc6oc7ccccc7c6c5)cc3n4-c3ccccc3)cc2)cc1.